The number of ether oxygens (including phenoxy) is 2. The van der Waals surface area contributed by atoms with Gasteiger partial charge in [-0.25, -0.2) is 0 Å². The van der Waals surface area contributed by atoms with Gasteiger partial charge in [-0.2, -0.15) is 0 Å². The molecular formula is C12H18N2O2. The second-order valence-corrected chi connectivity index (χ2v) is 4.42. The van der Waals surface area contributed by atoms with Crippen LogP contribution in [0.4, 0.5) is 0 Å². The lowest BCUT2D eigenvalue weighted by Crippen LogP contribution is -2.48. The summed E-state index contributed by atoms with van der Waals surface area (Å²) in [5, 5.41) is 3.36. The number of hydrogen-bond acceptors (Lipinski definition) is 4. The molecule has 0 saturated carbocycles. The van der Waals surface area contributed by atoms with E-state index >= 15 is 0 Å². The fourth-order valence-corrected chi connectivity index (χ4v) is 1.56. The van der Waals surface area contributed by atoms with Crippen LogP contribution in [0.3, 0.4) is 0 Å². The maximum atomic E-state index is 5.56. The molecule has 0 bridgehead atoms. The third-order valence-electron chi connectivity index (χ3n) is 2.56. The lowest BCUT2D eigenvalue weighted by atomic mass is 10.2. The normalized spacial score (nSPS) is 20.9. The van der Waals surface area contributed by atoms with E-state index in [0.717, 1.165) is 12.2 Å². The minimum atomic E-state index is -0.441. The van der Waals surface area contributed by atoms with Crippen molar-refractivity contribution in [3.63, 3.8) is 0 Å². The second kappa shape index (κ2) is 4.91. The number of pyridine rings is 1. The summed E-state index contributed by atoms with van der Waals surface area (Å²) >= 11 is 0. The summed E-state index contributed by atoms with van der Waals surface area (Å²) in [5.74, 6) is -0.441. The number of aromatic nitrogens is 1. The molecule has 2 rings (SSSR count). The van der Waals surface area contributed by atoms with Crippen molar-refractivity contribution in [2.75, 3.05) is 13.2 Å². The first kappa shape index (κ1) is 11.5. The van der Waals surface area contributed by atoms with E-state index in [2.05, 4.69) is 10.3 Å². The molecule has 1 aromatic heterocycles. The molecule has 88 valence electrons. The van der Waals surface area contributed by atoms with Gasteiger partial charge in [0.2, 0.25) is 0 Å². The highest BCUT2D eigenvalue weighted by atomic mass is 16.7. The molecule has 0 aromatic carbocycles. The molecule has 0 amide bonds. The van der Waals surface area contributed by atoms with E-state index < -0.39 is 5.79 Å². The first-order valence-corrected chi connectivity index (χ1v) is 5.57. The van der Waals surface area contributed by atoms with Gasteiger partial charge >= 0.3 is 0 Å². The molecule has 16 heavy (non-hydrogen) atoms. The summed E-state index contributed by atoms with van der Waals surface area (Å²) in [5.41, 5.74) is 1.03. The van der Waals surface area contributed by atoms with Crippen LogP contribution in [0.15, 0.2) is 24.4 Å². The standard InChI is InChI=1S/C12H18N2O2/c1-12(2)15-8-11(9-16-12)14-7-10-5-3-4-6-13-10/h3-6,11,14H,7-9H2,1-2H3. The van der Waals surface area contributed by atoms with Crippen molar-refractivity contribution in [1.29, 1.82) is 0 Å². The number of rotatable bonds is 3. The SMILES string of the molecule is CC1(C)OCC(NCc2ccccn2)CO1. The molecule has 4 nitrogen and oxygen atoms in total. The molecule has 1 aliphatic rings. The lowest BCUT2D eigenvalue weighted by Gasteiger charge is -2.35. The van der Waals surface area contributed by atoms with Gasteiger partial charge in [0.15, 0.2) is 5.79 Å². The molecular weight excluding hydrogens is 204 g/mol. The van der Waals surface area contributed by atoms with E-state index in [0.29, 0.717) is 13.2 Å². The first-order chi connectivity index (χ1) is 7.66. The fraction of sp³-hybridized carbons (Fsp3) is 0.583. The highest BCUT2D eigenvalue weighted by Crippen LogP contribution is 2.16. The highest BCUT2D eigenvalue weighted by Gasteiger charge is 2.27. The summed E-state index contributed by atoms with van der Waals surface area (Å²) in [6, 6.07) is 6.15. The summed E-state index contributed by atoms with van der Waals surface area (Å²) in [7, 11) is 0. The Balaban J connectivity index is 1.76. The summed E-state index contributed by atoms with van der Waals surface area (Å²) in [6.45, 7) is 5.97. The quantitative estimate of drug-likeness (QED) is 0.837. The van der Waals surface area contributed by atoms with Crippen molar-refractivity contribution < 1.29 is 9.47 Å². The van der Waals surface area contributed by atoms with Crippen molar-refractivity contribution in [1.82, 2.24) is 10.3 Å². The van der Waals surface area contributed by atoms with Crippen LogP contribution in [0.5, 0.6) is 0 Å². The minimum Gasteiger partial charge on any atom is -0.349 e. The summed E-state index contributed by atoms with van der Waals surface area (Å²) < 4.78 is 11.1. The molecule has 1 N–H and O–H groups in total. The zero-order valence-corrected chi connectivity index (χ0v) is 9.77. The van der Waals surface area contributed by atoms with Crippen molar-refractivity contribution >= 4 is 0 Å². The van der Waals surface area contributed by atoms with E-state index in [4.69, 9.17) is 9.47 Å². The van der Waals surface area contributed by atoms with Gasteiger partial charge in [0.25, 0.3) is 0 Å². The molecule has 0 spiro atoms. The van der Waals surface area contributed by atoms with Gasteiger partial charge in [-0.05, 0) is 26.0 Å². The molecule has 2 heterocycles. The smallest absolute Gasteiger partial charge is 0.162 e. The monoisotopic (exact) mass is 222 g/mol. The van der Waals surface area contributed by atoms with Gasteiger partial charge in [0.05, 0.1) is 24.9 Å². The fourth-order valence-electron chi connectivity index (χ4n) is 1.56. The highest BCUT2D eigenvalue weighted by molar-refractivity contribution is 5.03. The molecule has 1 aliphatic heterocycles. The van der Waals surface area contributed by atoms with Gasteiger partial charge in [-0.3, -0.25) is 4.98 Å². The maximum Gasteiger partial charge on any atom is 0.162 e. The van der Waals surface area contributed by atoms with Crippen LogP contribution < -0.4 is 5.32 Å². The molecule has 1 aromatic rings. The minimum absolute atomic E-state index is 0.245. The zero-order valence-electron chi connectivity index (χ0n) is 9.77. The van der Waals surface area contributed by atoms with E-state index in [1.807, 2.05) is 32.0 Å². The summed E-state index contributed by atoms with van der Waals surface area (Å²) in [6.07, 6.45) is 1.80. The predicted octanol–water partition coefficient (Wildman–Crippen LogP) is 1.32. The van der Waals surface area contributed by atoms with Gasteiger partial charge in [0, 0.05) is 12.7 Å². The first-order valence-electron chi connectivity index (χ1n) is 5.57. The Hall–Kier alpha value is -0.970. The average molecular weight is 222 g/mol. The van der Waals surface area contributed by atoms with Gasteiger partial charge in [-0.1, -0.05) is 6.07 Å². The molecule has 0 unspecified atom stereocenters. The van der Waals surface area contributed by atoms with Crippen LogP contribution >= 0.6 is 0 Å². The van der Waals surface area contributed by atoms with Crippen LogP contribution in [0.1, 0.15) is 19.5 Å². The lowest BCUT2D eigenvalue weighted by molar-refractivity contribution is -0.253. The Morgan fingerprint density at radius 2 is 2.12 bits per heavy atom. The Labute approximate surface area is 96.0 Å². The van der Waals surface area contributed by atoms with E-state index in [-0.39, 0.29) is 6.04 Å². The van der Waals surface area contributed by atoms with Crippen LogP contribution in [0.2, 0.25) is 0 Å². The Morgan fingerprint density at radius 1 is 1.38 bits per heavy atom. The van der Waals surface area contributed by atoms with Crippen molar-refractivity contribution in [3.8, 4) is 0 Å². The second-order valence-electron chi connectivity index (χ2n) is 4.42. The van der Waals surface area contributed by atoms with Crippen LogP contribution in [-0.4, -0.2) is 30.0 Å². The molecule has 0 aliphatic carbocycles. The van der Waals surface area contributed by atoms with Crippen molar-refractivity contribution in [3.05, 3.63) is 30.1 Å². The van der Waals surface area contributed by atoms with Crippen LogP contribution in [-0.2, 0) is 16.0 Å². The molecule has 1 fully saturated rings. The van der Waals surface area contributed by atoms with E-state index in [9.17, 15) is 0 Å². The Morgan fingerprint density at radius 3 is 2.75 bits per heavy atom. The molecule has 0 radical (unpaired) electrons. The summed E-state index contributed by atoms with van der Waals surface area (Å²) in [4.78, 5) is 4.25. The van der Waals surface area contributed by atoms with E-state index in [1.54, 1.807) is 6.20 Å². The Kier molecular flexibility index (Phi) is 3.53. The number of nitrogens with one attached hydrogen (secondary N) is 1. The topological polar surface area (TPSA) is 43.4 Å². The molecule has 1 saturated heterocycles. The van der Waals surface area contributed by atoms with Crippen molar-refractivity contribution in [2.45, 2.75) is 32.2 Å². The Bertz CT molecular complexity index is 317. The number of hydrogen-bond donors (Lipinski definition) is 1. The largest absolute Gasteiger partial charge is 0.349 e. The molecule has 0 atom stereocenters. The average Bonchev–Trinajstić information content (AvgIpc) is 2.29. The zero-order chi connectivity index (χ0) is 11.4. The van der Waals surface area contributed by atoms with Gasteiger partial charge < -0.3 is 14.8 Å². The van der Waals surface area contributed by atoms with Crippen LogP contribution in [0, 0.1) is 0 Å². The van der Waals surface area contributed by atoms with Gasteiger partial charge in [0.1, 0.15) is 0 Å². The van der Waals surface area contributed by atoms with E-state index in [1.165, 1.54) is 0 Å². The third kappa shape index (κ3) is 3.27. The maximum absolute atomic E-state index is 5.56. The van der Waals surface area contributed by atoms with Crippen molar-refractivity contribution in [2.24, 2.45) is 0 Å². The van der Waals surface area contributed by atoms with Gasteiger partial charge in [-0.15, -0.1) is 0 Å². The van der Waals surface area contributed by atoms with Crippen LogP contribution in [0.25, 0.3) is 0 Å². The predicted molar refractivity (Wildman–Crippen MR) is 60.8 cm³/mol. The number of nitrogens with zero attached hydrogens (tertiary/aromatic N) is 1. The molecule has 4 heteroatoms. The third-order valence-corrected chi connectivity index (χ3v) is 2.56.